The fraction of sp³-hybridized carbons (Fsp3) is 0.500. The molecule has 1 saturated carbocycles. The van der Waals surface area contributed by atoms with E-state index in [0.29, 0.717) is 16.5 Å². The highest BCUT2D eigenvalue weighted by atomic mass is 35.5. The number of rotatable bonds is 2. The molecule has 1 aromatic rings. The van der Waals surface area contributed by atoms with E-state index < -0.39 is 5.60 Å². The van der Waals surface area contributed by atoms with Crippen LogP contribution in [-0.2, 0) is 6.42 Å². The quantitative estimate of drug-likeness (QED) is 0.839. The van der Waals surface area contributed by atoms with E-state index in [-0.39, 0.29) is 0 Å². The first-order valence-corrected chi connectivity index (χ1v) is 6.01. The largest absolute Gasteiger partial charge is 0.390 e. The third kappa shape index (κ3) is 2.66. The molecule has 2 rings (SSSR count). The molecule has 0 bridgehead atoms. The van der Waals surface area contributed by atoms with Gasteiger partial charge in [-0.2, -0.15) is 0 Å². The number of benzene rings is 1. The highest BCUT2D eigenvalue weighted by Gasteiger charge is 2.31. The summed E-state index contributed by atoms with van der Waals surface area (Å²) in [4.78, 5) is 0. The summed E-state index contributed by atoms with van der Waals surface area (Å²) in [5.74, 6) is 0. The zero-order chi connectivity index (χ0) is 10.9. The summed E-state index contributed by atoms with van der Waals surface area (Å²) in [7, 11) is 0. The average Bonchev–Trinajstić information content (AvgIpc) is 2.59. The fourth-order valence-electron chi connectivity index (χ4n) is 2.24. The Balaban J connectivity index is 2.13. The summed E-state index contributed by atoms with van der Waals surface area (Å²) in [5, 5.41) is 11.4. The molecule has 0 spiro atoms. The van der Waals surface area contributed by atoms with E-state index in [0.717, 1.165) is 31.2 Å². The zero-order valence-electron chi connectivity index (χ0n) is 8.47. The summed E-state index contributed by atoms with van der Waals surface area (Å²) in [6, 6.07) is 5.57. The Morgan fingerprint density at radius 3 is 2.40 bits per heavy atom. The lowest BCUT2D eigenvalue weighted by atomic mass is 9.93. The van der Waals surface area contributed by atoms with Crippen LogP contribution in [0.25, 0.3) is 0 Å². The van der Waals surface area contributed by atoms with Gasteiger partial charge in [-0.25, -0.2) is 0 Å². The van der Waals surface area contributed by atoms with E-state index in [2.05, 4.69) is 0 Å². The van der Waals surface area contributed by atoms with Crippen molar-refractivity contribution >= 4 is 23.2 Å². The van der Waals surface area contributed by atoms with Crippen LogP contribution in [0.1, 0.15) is 31.2 Å². The van der Waals surface area contributed by atoms with Gasteiger partial charge in [0.15, 0.2) is 0 Å². The molecule has 1 fully saturated rings. The highest BCUT2D eigenvalue weighted by Crippen LogP contribution is 2.33. The second-order valence-corrected chi connectivity index (χ2v) is 5.17. The van der Waals surface area contributed by atoms with Crippen molar-refractivity contribution in [2.24, 2.45) is 0 Å². The lowest BCUT2D eigenvalue weighted by Gasteiger charge is -2.22. The maximum Gasteiger partial charge on any atom is 0.0688 e. The molecular formula is C12H14Cl2O. The van der Waals surface area contributed by atoms with Crippen molar-refractivity contribution in [3.8, 4) is 0 Å². The minimum atomic E-state index is -0.517. The van der Waals surface area contributed by atoms with E-state index in [4.69, 9.17) is 23.2 Å². The van der Waals surface area contributed by atoms with Crippen LogP contribution in [-0.4, -0.2) is 10.7 Å². The predicted molar refractivity (Wildman–Crippen MR) is 63.6 cm³/mol. The highest BCUT2D eigenvalue weighted by molar-refractivity contribution is 6.42. The normalized spacial score (nSPS) is 19.4. The van der Waals surface area contributed by atoms with E-state index in [9.17, 15) is 5.11 Å². The SMILES string of the molecule is OC1(Cc2ccc(Cl)c(Cl)c2)CCCC1. The standard InChI is InChI=1S/C12H14Cl2O/c13-10-4-3-9(7-11(10)14)8-12(15)5-1-2-6-12/h3-4,7,15H,1-2,5-6,8H2. The fourth-order valence-corrected chi connectivity index (χ4v) is 2.56. The van der Waals surface area contributed by atoms with Crippen molar-refractivity contribution in [2.75, 3.05) is 0 Å². The number of hydrogen-bond donors (Lipinski definition) is 1. The average molecular weight is 245 g/mol. The van der Waals surface area contributed by atoms with Crippen LogP contribution in [0.4, 0.5) is 0 Å². The molecular weight excluding hydrogens is 231 g/mol. The van der Waals surface area contributed by atoms with Crippen molar-refractivity contribution in [3.05, 3.63) is 33.8 Å². The van der Waals surface area contributed by atoms with E-state index in [1.807, 2.05) is 12.1 Å². The van der Waals surface area contributed by atoms with Gasteiger partial charge in [-0.15, -0.1) is 0 Å². The first-order valence-electron chi connectivity index (χ1n) is 5.25. The summed E-state index contributed by atoms with van der Waals surface area (Å²) in [5.41, 5.74) is 0.547. The van der Waals surface area contributed by atoms with Gasteiger partial charge in [-0.1, -0.05) is 42.1 Å². The van der Waals surface area contributed by atoms with Crippen molar-refractivity contribution in [3.63, 3.8) is 0 Å². The van der Waals surface area contributed by atoms with E-state index in [1.54, 1.807) is 6.07 Å². The molecule has 1 nitrogen and oxygen atoms in total. The Kier molecular flexibility index (Phi) is 3.24. The number of halogens is 2. The van der Waals surface area contributed by atoms with Crippen molar-refractivity contribution in [1.82, 2.24) is 0 Å². The van der Waals surface area contributed by atoms with Crippen LogP contribution in [0.15, 0.2) is 18.2 Å². The smallest absolute Gasteiger partial charge is 0.0688 e. The van der Waals surface area contributed by atoms with Gasteiger partial charge in [0.2, 0.25) is 0 Å². The maximum absolute atomic E-state index is 10.2. The van der Waals surface area contributed by atoms with Crippen LogP contribution in [0.5, 0.6) is 0 Å². The topological polar surface area (TPSA) is 20.2 Å². The van der Waals surface area contributed by atoms with Crippen LogP contribution < -0.4 is 0 Å². The Hall–Kier alpha value is -0.240. The van der Waals surface area contributed by atoms with Gasteiger partial charge >= 0.3 is 0 Å². The van der Waals surface area contributed by atoms with Gasteiger partial charge in [-0.3, -0.25) is 0 Å². The van der Waals surface area contributed by atoms with Gasteiger partial charge in [-0.05, 0) is 30.5 Å². The van der Waals surface area contributed by atoms with Crippen molar-refractivity contribution < 1.29 is 5.11 Å². The van der Waals surface area contributed by atoms with Crippen LogP contribution in [0.2, 0.25) is 10.0 Å². The number of hydrogen-bond acceptors (Lipinski definition) is 1. The van der Waals surface area contributed by atoms with Gasteiger partial charge in [0.25, 0.3) is 0 Å². The van der Waals surface area contributed by atoms with Crippen LogP contribution in [0, 0.1) is 0 Å². The van der Waals surface area contributed by atoms with Gasteiger partial charge in [0.05, 0.1) is 15.6 Å². The van der Waals surface area contributed by atoms with Gasteiger partial charge in [0.1, 0.15) is 0 Å². The Morgan fingerprint density at radius 1 is 1.13 bits per heavy atom. The summed E-state index contributed by atoms with van der Waals surface area (Å²) >= 11 is 11.8. The van der Waals surface area contributed by atoms with E-state index >= 15 is 0 Å². The third-order valence-corrected chi connectivity index (χ3v) is 3.79. The minimum absolute atomic E-state index is 0.517. The molecule has 0 heterocycles. The van der Waals surface area contributed by atoms with Crippen molar-refractivity contribution in [1.29, 1.82) is 0 Å². The van der Waals surface area contributed by atoms with Gasteiger partial charge in [0, 0.05) is 6.42 Å². The predicted octanol–water partition coefficient (Wildman–Crippen LogP) is 3.84. The molecule has 0 radical (unpaired) electrons. The van der Waals surface area contributed by atoms with Crippen LogP contribution in [0.3, 0.4) is 0 Å². The lowest BCUT2D eigenvalue weighted by Crippen LogP contribution is -2.26. The summed E-state index contributed by atoms with van der Waals surface area (Å²) in [6.07, 6.45) is 4.72. The van der Waals surface area contributed by atoms with E-state index in [1.165, 1.54) is 0 Å². The monoisotopic (exact) mass is 244 g/mol. The Bertz CT molecular complexity index is 357. The molecule has 0 unspecified atom stereocenters. The molecule has 1 aliphatic carbocycles. The molecule has 0 saturated heterocycles. The number of aliphatic hydroxyl groups is 1. The molecule has 82 valence electrons. The first-order chi connectivity index (χ1) is 7.09. The first kappa shape index (κ1) is 11.3. The molecule has 1 aromatic carbocycles. The van der Waals surface area contributed by atoms with Crippen molar-refractivity contribution in [2.45, 2.75) is 37.7 Å². The zero-order valence-corrected chi connectivity index (χ0v) is 9.98. The molecule has 0 aliphatic heterocycles. The maximum atomic E-state index is 10.2. The third-order valence-electron chi connectivity index (χ3n) is 3.05. The second kappa shape index (κ2) is 4.32. The molecule has 15 heavy (non-hydrogen) atoms. The minimum Gasteiger partial charge on any atom is -0.390 e. The summed E-state index contributed by atoms with van der Waals surface area (Å²) in [6.45, 7) is 0. The molecule has 1 N–H and O–H groups in total. The Morgan fingerprint density at radius 2 is 1.80 bits per heavy atom. The Labute approximate surface area is 100 Å². The molecule has 0 atom stereocenters. The lowest BCUT2D eigenvalue weighted by molar-refractivity contribution is 0.0482. The molecule has 3 heteroatoms. The summed E-state index contributed by atoms with van der Waals surface area (Å²) < 4.78 is 0. The van der Waals surface area contributed by atoms with Crippen LogP contribution >= 0.6 is 23.2 Å². The molecule has 0 amide bonds. The molecule has 1 aliphatic rings. The second-order valence-electron chi connectivity index (χ2n) is 4.36. The molecule has 0 aromatic heterocycles. The van der Waals surface area contributed by atoms with Gasteiger partial charge < -0.3 is 5.11 Å².